The summed E-state index contributed by atoms with van der Waals surface area (Å²) in [5, 5.41) is 13.9. The van der Waals surface area contributed by atoms with Gasteiger partial charge in [0, 0.05) is 31.1 Å². The molecule has 2 rings (SSSR count). The van der Waals surface area contributed by atoms with Gasteiger partial charge in [-0.2, -0.15) is 0 Å². The minimum absolute atomic E-state index is 0.118. The van der Waals surface area contributed by atoms with Crippen molar-refractivity contribution in [2.75, 3.05) is 6.61 Å². The van der Waals surface area contributed by atoms with E-state index in [2.05, 4.69) is 10.3 Å². The van der Waals surface area contributed by atoms with Gasteiger partial charge in [-0.05, 0) is 41.8 Å². The molecule has 1 N–H and O–H groups in total. The van der Waals surface area contributed by atoms with Crippen LogP contribution >= 0.6 is 0 Å². The zero-order chi connectivity index (χ0) is 18.1. The van der Waals surface area contributed by atoms with Crippen LogP contribution in [0.3, 0.4) is 0 Å². The maximum atomic E-state index is 11.8. The van der Waals surface area contributed by atoms with Gasteiger partial charge in [0.1, 0.15) is 0 Å². The number of nitrogens with one attached hydrogen (secondary N) is 1. The van der Waals surface area contributed by atoms with E-state index in [-0.39, 0.29) is 17.3 Å². The Kier molecular flexibility index (Phi) is 6.65. The maximum Gasteiger partial charge on any atom is 0.311 e. The van der Waals surface area contributed by atoms with Gasteiger partial charge in [-0.25, -0.2) is 0 Å². The number of carbonyl (C=O) groups is 1. The van der Waals surface area contributed by atoms with Crippen LogP contribution in [0.2, 0.25) is 0 Å². The number of nitro groups is 1. The van der Waals surface area contributed by atoms with Gasteiger partial charge in [0.2, 0.25) is 5.91 Å². The Morgan fingerprint density at radius 1 is 1.32 bits per heavy atom. The molecule has 7 nitrogen and oxygen atoms in total. The quantitative estimate of drug-likeness (QED) is 0.452. The fraction of sp³-hybridized carbons (Fsp3) is 0.222. The molecule has 0 fully saturated rings. The number of hydrogen-bond acceptors (Lipinski definition) is 5. The van der Waals surface area contributed by atoms with Crippen LogP contribution in [0.4, 0.5) is 5.69 Å². The van der Waals surface area contributed by atoms with Gasteiger partial charge in [0.05, 0.1) is 11.5 Å². The van der Waals surface area contributed by atoms with Crippen LogP contribution in [0.25, 0.3) is 6.08 Å². The van der Waals surface area contributed by atoms with Crippen molar-refractivity contribution in [2.24, 2.45) is 0 Å². The number of pyridine rings is 1. The van der Waals surface area contributed by atoms with Crippen LogP contribution in [0.15, 0.2) is 48.8 Å². The summed E-state index contributed by atoms with van der Waals surface area (Å²) < 4.78 is 5.37. The lowest BCUT2D eigenvalue weighted by molar-refractivity contribution is -0.385. The first-order valence-electron chi connectivity index (χ1n) is 7.86. The second-order valence-electron chi connectivity index (χ2n) is 5.24. The highest BCUT2D eigenvalue weighted by atomic mass is 16.6. The standard InChI is InChI=1S/C18H19N3O4/c1-2-11-25-17-5-3-14(12-16(17)21(23)24)4-6-18(22)20-13-15-7-9-19-10-8-15/h3-10,12H,2,11,13H2,1H3,(H,20,22)/b6-4+. The zero-order valence-electron chi connectivity index (χ0n) is 13.8. The second kappa shape index (κ2) is 9.17. The van der Waals surface area contributed by atoms with Crippen molar-refractivity contribution in [3.05, 3.63) is 70.0 Å². The molecule has 7 heteroatoms. The minimum Gasteiger partial charge on any atom is -0.487 e. The number of nitro benzene ring substituents is 1. The highest BCUT2D eigenvalue weighted by Crippen LogP contribution is 2.28. The van der Waals surface area contributed by atoms with Crippen LogP contribution in [0, 0.1) is 10.1 Å². The summed E-state index contributed by atoms with van der Waals surface area (Å²) in [6, 6.07) is 8.22. The van der Waals surface area contributed by atoms with Gasteiger partial charge in [0.25, 0.3) is 0 Å². The third-order valence-corrected chi connectivity index (χ3v) is 3.28. The van der Waals surface area contributed by atoms with Gasteiger partial charge in [0.15, 0.2) is 5.75 Å². The average Bonchev–Trinajstić information content (AvgIpc) is 2.64. The lowest BCUT2D eigenvalue weighted by Gasteiger charge is -2.06. The molecule has 0 saturated heterocycles. The van der Waals surface area contributed by atoms with Crippen LogP contribution in [-0.2, 0) is 11.3 Å². The maximum absolute atomic E-state index is 11.8. The number of ether oxygens (including phenoxy) is 1. The molecule has 1 aromatic heterocycles. The summed E-state index contributed by atoms with van der Waals surface area (Å²) >= 11 is 0. The Bertz CT molecular complexity index is 760. The largest absolute Gasteiger partial charge is 0.487 e. The van der Waals surface area contributed by atoms with E-state index < -0.39 is 4.92 Å². The topological polar surface area (TPSA) is 94.4 Å². The number of nitrogens with zero attached hydrogens (tertiary/aromatic N) is 2. The van der Waals surface area contributed by atoms with E-state index in [0.29, 0.717) is 18.7 Å². The Morgan fingerprint density at radius 3 is 2.76 bits per heavy atom. The first-order valence-corrected chi connectivity index (χ1v) is 7.86. The molecule has 0 aliphatic carbocycles. The lowest BCUT2D eigenvalue weighted by Crippen LogP contribution is -2.20. The van der Waals surface area contributed by atoms with Crippen LogP contribution in [0.5, 0.6) is 5.75 Å². The van der Waals surface area contributed by atoms with Crippen molar-refractivity contribution in [1.82, 2.24) is 10.3 Å². The Hall–Kier alpha value is -3.22. The highest BCUT2D eigenvalue weighted by molar-refractivity contribution is 5.91. The van der Waals surface area contributed by atoms with Gasteiger partial charge < -0.3 is 10.1 Å². The Balaban J connectivity index is 2.00. The molecule has 0 saturated carbocycles. The summed E-state index contributed by atoms with van der Waals surface area (Å²) in [4.78, 5) is 26.4. The normalized spacial score (nSPS) is 10.6. The molecule has 0 bridgehead atoms. The van der Waals surface area contributed by atoms with Gasteiger partial charge in [-0.3, -0.25) is 19.9 Å². The molecule has 0 aliphatic rings. The molecule has 2 aromatic rings. The Morgan fingerprint density at radius 2 is 2.08 bits per heavy atom. The van der Waals surface area contributed by atoms with E-state index in [1.807, 2.05) is 19.1 Å². The molecular formula is C18H19N3O4. The summed E-state index contributed by atoms with van der Waals surface area (Å²) in [6.07, 6.45) is 6.93. The second-order valence-corrected chi connectivity index (χ2v) is 5.24. The van der Waals surface area contributed by atoms with Crippen molar-refractivity contribution in [3.63, 3.8) is 0 Å². The van der Waals surface area contributed by atoms with Crippen molar-refractivity contribution in [3.8, 4) is 5.75 Å². The van der Waals surface area contributed by atoms with E-state index in [9.17, 15) is 14.9 Å². The van der Waals surface area contributed by atoms with E-state index in [1.165, 1.54) is 18.2 Å². The lowest BCUT2D eigenvalue weighted by atomic mass is 10.1. The zero-order valence-corrected chi connectivity index (χ0v) is 13.8. The van der Waals surface area contributed by atoms with E-state index >= 15 is 0 Å². The van der Waals surface area contributed by atoms with Crippen molar-refractivity contribution in [2.45, 2.75) is 19.9 Å². The van der Waals surface area contributed by atoms with E-state index in [4.69, 9.17) is 4.74 Å². The number of benzene rings is 1. The Labute approximate surface area is 145 Å². The molecule has 130 valence electrons. The van der Waals surface area contributed by atoms with E-state index in [0.717, 1.165) is 12.0 Å². The molecule has 1 heterocycles. The minimum atomic E-state index is -0.494. The van der Waals surface area contributed by atoms with Gasteiger partial charge in [-0.15, -0.1) is 0 Å². The number of aromatic nitrogens is 1. The number of amides is 1. The molecule has 0 radical (unpaired) electrons. The predicted molar refractivity (Wildman–Crippen MR) is 94.0 cm³/mol. The predicted octanol–water partition coefficient (Wildman–Crippen LogP) is 3.11. The molecule has 1 aromatic carbocycles. The molecule has 0 atom stereocenters. The first kappa shape index (κ1) is 18.1. The highest BCUT2D eigenvalue weighted by Gasteiger charge is 2.15. The molecule has 0 unspecified atom stereocenters. The third-order valence-electron chi connectivity index (χ3n) is 3.28. The average molecular weight is 341 g/mol. The third kappa shape index (κ3) is 5.72. The van der Waals surface area contributed by atoms with Crippen molar-refractivity contribution >= 4 is 17.7 Å². The van der Waals surface area contributed by atoms with Gasteiger partial charge >= 0.3 is 5.69 Å². The summed E-state index contributed by atoms with van der Waals surface area (Å²) in [5.41, 5.74) is 1.37. The summed E-state index contributed by atoms with van der Waals surface area (Å²) in [7, 11) is 0. The fourth-order valence-electron chi connectivity index (χ4n) is 2.04. The molecular weight excluding hydrogens is 322 g/mol. The van der Waals surface area contributed by atoms with Gasteiger partial charge in [-0.1, -0.05) is 13.0 Å². The molecule has 0 aliphatic heterocycles. The molecule has 0 spiro atoms. The summed E-state index contributed by atoms with van der Waals surface area (Å²) in [6.45, 7) is 2.72. The molecule has 25 heavy (non-hydrogen) atoms. The fourth-order valence-corrected chi connectivity index (χ4v) is 2.04. The summed E-state index contributed by atoms with van der Waals surface area (Å²) in [5.74, 6) is -0.0584. The number of rotatable bonds is 8. The van der Waals surface area contributed by atoms with Crippen molar-refractivity contribution < 1.29 is 14.5 Å². The van der Waals surface area contributed by atoms with Crippen LogP contribution in [-0.4, -0.2) is 22.4 Å². The van der Waals surface area contributed by atoms with Crippen LogP contribution in [0.1, 0.15) is 24.5 Å². The molecule has 1 amide bonds. The SMILES string of the molecule is CCCOc1ccc(/C=C/C(=O)NCc2ccncc2)cc1[N+](=O)[O-]. The number of hydrogen-bond donors (Lipinski definition) is 1. The van der Waals surface area contributed by atoms with Crippen molar-refractivity contribution in [1.29, 1.82) is 0 Å². The van der Waals surface area contributed by atoms with Crippen LogP contribution < -0.4 is 10.1 Å². The smallest absolute Gasteiger partial charge is 0.311 e. The van der Waals surface area contributed by atoms with E-state index in [1.54, 1.807) is 24.5 Å². The monoisotopic (exact) mass is 341 g/mol. The number of carbonyl (C=O) groups excluding carboxylic acids is 1. The first-order chi connectivity index (χ1) is 12.1.